The van der Waals surface area contributed by atoms with Crippen molar-refractivity contribution in [3.05, 3.63) is 23.7 Å². The quantitative estimate of drug-likeness (QED) is 0.708. The van der Waals surface area contributed by atoms with Crippen LogP contribution >= 0.6 is 0 Å². The van der Waals surface area contributed by atoms with E-state index in [9.17, 15) is 19.8 Å². The zero-order valence-electron chi connectivity index (χ0n) is 18.3. The Hall–Kier alpha value is -1.86. The summed E-state index contributed by atoms with van der Waals surface area (Å²) < 4.78 is 16.6. The summed E-state index contributed by atoms with van der Waals surface area (Å²) in [6.07, 6.45) is 1.94. The Morgan fingerprint density at radius 3 is 2.60 bits per heavy atom. The smallest absolute Gasteiger partial charge is 0.313 e. The maximum absolute atomic E-state index is 12.8. The summed E-state index contributed by atoms with van der Waals surface area (Å²) in [5, 5.41) is 23.4. The van der Waals surface area contributed by atoms with Crippen LogP contribution in [0.2, 0.25) is 0 Å². The first-order valence-corrected chi connectivity index (χ1v) is 10.7. The lowest BCUT2D eigenvalue weighted by Crippen LogP contribution is -2.74. The summed E-state index contributed by atoms with van der Waals surface area (Å²) in [6.45, 7) is 7.33. The van der Waals surface area contributed by atoms with E-state index < -0.39 is 52.4 Å². The van der Waals surface area contributed by atoms with E-state index >= 15 is 0 Å². The molecule has 2 fully saturated rings. The molecule has 7 heteroatoms. The van der Waals surface area contributed by atoms with Crippen molar-refractivity contribution < 1.29 is 33.7 Å². The minimum atomic E-state index is -1.29. The Bertz CT molecular complexity index is 857. The average Bonchev–Trinajstić information content (AvgIpc) is 3.14. The summed E-state index contributed by atoms with van der Waals surface area (Å²) in [4.78, 5) is 24.8. The lowest BCUT2D eigenvalue weighted by Gasteiger charge is -2.68. The van der Waals surface area contributed by atoms with Crippen LogP contribution in [0, 0.1) is 22.7 Å². The summed E-state index contributed by atoms with van der Waals surface area (Å²) >= 11 is 0. The van der Waals surface area contributed by atoms with Gasteiger partial charge in [0.25, 0.3) is 0 Å². The molecule has 0 amide bonds. The fourth-order valence-corrected chi connectivity index (χ4v) is 6.94. The second-order valence-corrected chi connectivity index (χ2v) is 10.1. The number of carbonyl (C=O) groups excluding carboxylic acids is 2. The van der Waals surface area contributed by atoms with Gasteiger partial charge in [0.05, 0.1) is 31.0 Å². The van der Waals surface area contributed by atoms with Gasteiger partial charge in [-0.1, -0.05) is 20.8 Å². The summed E-state index contributed by atoms with van der Waals surface area (Å²) in [5.74, 6) is -1.67. The number of rotatable bonds is 2. The molecule has 2 unspecified atom stereocenters. The predicted molar refractivity (Wildman–Crippen MR) is 106 cm³/mol. The highest BCUT2D eigenvalue weighted by Gasteiger charge is 2.72. The van der Waals surface area contributed by atoms with E-state index in [4.69, 9.17) is 13.9 Å². The number of furan rings is 1. The molecule has 3 aliphatic carbocycles. The van der Waals surface area contributed by atoms with E-state index in [1.165, 1.54) is 14.0 Å². The van der Waals surface area contributed by atoms with Crippen molar-refractivity contribution in [2.24, 2.45) is 22.7 Å². The molecule has 0 aliphatic heterocycles. The number of esters is 2. The second-order valence-electron chi connectivity index (χ2n) is 10.1. The third kappa shape index (κ3) is 2.64. The summed E-state index contributed by atoms with van der Waals surface area (Å²) in [6, 6.07) is 1.76. The van der Waals surface area contributed by atoms with Crippen LogP contribution in [-0.2, 0) is 25.5 Å². The van der Waals surface area contributed by atoms with Gasteiger partial charge < -0.3 is 24.1 Å². The largest absolute Gasteiger partial charge is 0.469 e. The Morgan fingerprint density at radius 1 is 1.27 bits per heavy atom. The van der Waals surface area contributed by atoms with Gasteiger partial charge in [0.15, 0.2) is 0 Å². The van der Waals surface area contributed by atoms with Gasteiger partial charge in [-0.15, -0.1) is 0 Å². The van der Waals surface area contributed by atoms with Crippen LogP contribution in [0.25, 0.3) is 0 Å². The normalized spacial score (nSPS) is 41.8. The topological polar surface area (TPSA) is 106 Å². The molecule has 0 saturated heterocycles. The number of hydrogen-bond acceptors (Lipinski definition) is 7. The molecule has 0 radical (unpaired) electrons. The molecule has 0 bridgehead atoms. The van der Waals surface area contributed by atoms with E-state index in [-0.39, 0.29) is 12.3 Å². The molecule has 0 spiro atoms. The molecular formula is C23H32O7. The lowest BCUT2D eigenvalue weighted by molar-refractivity contribution is -0.296. The fourth-order valence-electron chi connectivity index (χ4n) is 6.94. The molecule has 166 valence electrons. The lowest BCUT2D eigenvalue weighted by atomic mass is 9.40. The number of fused-ring (bicyclic) bond motifs is 4. The third-order valence-corrected chi connectivity index (χ3v) is 8.56. The molecule has 2 saturated carbocycles. The number of methoxy groups -OCH3 is 1. The molecule has 4 rings (SSSR count). The van der Waals surface area contributed by atoms with Crippen LogP contribution in [-0.4, -0.2) is 47.1 Å². The Morgan fingerprint density at radius 2 is 1.97 bits per heavy atom. The standard InChI is InChI=1S/C23H32O7/c1-12(24)30-17-6-8-21(2,3)23(27)11-15(25)19-14(22(17,23)4)10-16-13(7-9-29-16)18(19)20(26)28-5/h7,9,14-15,17-19,25,27H,6,8,10-11H2,1-5H3/t14?,15-,17-,18+,19?,22-,23+/m0/s1. The van der Waals surface area contributed by atoms with E-state index in [0.717, 1.165) is 5.56 Å². The number of carbonyl (C=O) groups is 2. The van der Waals surface area contributed by atoms with Crippen molar-refractivity contribution in [1.82, 2.24) is 0 Å². The molecule has 1 aromatic rings. The molecular weight excluding hydrogens is 388 g/mol. The number of hydrogen-bond donors (Lipinski definition) is 2. The Kier molecular flexibility index (Phi) is 4.86. The fraction of sp³-hybridized carbons (Fsp3) is 0.739. The minimum absolute atomic E-state index is 0.107. The molecule has 3 aliphatic rings. The first kappa shape index (κ1) is 21.4. The maximum atomic E-state index is 12.8. The molecule has 0 aromatic carbocycles. The summed E-state index contributed by atoms with van der Waals surface area (Å²) in [7, 11) is 1.34. The monoisotopic (exact) mass is 420 g/mol. The zero-order valence-corrected chi connectivity index (χ0v) is 18.3. The van der Waals surface area contributed by atoms with Gasteiger partial charge in [-0.2, -0.15) is 0 Å². The SMILES string of the molecule is COC(=O)[C@@H]1c2ccoc2CC2C1[C@@H](O)C[C@@]1(O)C(C)(C)CC[C@H](OC(C)=O)[C@]21C. The maximum Gasteiger partial charge on any atom is 0.313 e. The summed E-state index contributed by atoms with van der Waals surface area (Å²) in [5.41, 5.74) is -1.94. The highest BCUT2D eigenvalue weighted by Crippen LogP contribution is 2.67. The van der Waals surface area contributed by atoms with Crippen molar-refractivity contribution in [2.45, 2.75) is 77.1 Å². The van der Waals surface area contributed by atoms with Gasteiger partial charge in [-0.25, -0.2) is 0 Å². The van der Waals surface area contributed by atoms with Crippen LogP contribution in [0.15, 0.2) is 16.7 Å². The molecule has 1 heterocycles. The van der Waals surface area contributed by atoms with Crippen molar-refractivity contribution in [3.63, 3.8) is 0 Å². The molecule has 7 atom stereocenters. The van der Waals surface area contributed by atoms with Crippen LogP contribution in [0.5, 0.6) is 0 Å². The van der Waals surface area contributed by atoms with E-state index in [2.05, 4.69) is 0 Å². The van der Waals surface area contributed by atoms with Gasteiger partial charge >= 0.3 is 11.9 Å². The minimum Gasteiger partial charge on any atom is -0.469 e. The average molecular weight is 421 g/mol. The van der Waals surface area contributed by atoms with Crippen LogP contribution in [0.4, 0.5) is 0 Å². The third-order valence-electron chi connectivity index (χ3n) is 8.56. The van der Waals surface area contributed by atoms with Crippen molar-refractivity contribution in [2.75, 3.05) is 7.11 Å². The van der Waals surface area contributed by atoms with E-state index in [1.54, 1.807) is 12.3 Å². The number of ether oxygens (including phenoxy) is 2. The van der Waals surface area contributed by atoms with Gasteiger partial charge in [0, 0.05) is 36.7 Å². The van der Waals surface area contributed by atoms with Crippen molar-refractivity contribution in [3.8, 4) is 0 Å². The molecule has 1 aromatic heterocycles. The van der Waals surface area contributed by atoms with Crippen molar-refractivity contribution >= 4 is 11.9 Å². The Balaban J connectivity index is 1.91. The van der Waals surface area contributed by atoms with Gasteiger partial charge in [0.2, 0.25) is 0 Å². The van der Waals surface area contributed by atoms with Crippen LogP contribution < -0.4 is 0 Å². The van der Waals surface area contributed by atoms with Gasteiger partial charge in [0.1, 0.15) is 11.9 Å². The second kappa shape index (κ2) is 6.82. The zero-order chi connectivity index (χ0) is 22.1. The van der Waals surface area contributed by atoms with Crippen LogP contribution in [0.3, 0.4) is 0 Å². The molecule has 2 N–H and O–H groups in total. The van der Waals surface area contributed by atoms with Gasteiger partial charge in [-0.3, -0.25) is 9.59 Å². The predicted octanol–water partition coefficient (Wildman–Crippen LogP) is 2.58. The Labute approximate surface area is 176 Å². The van der Waals surface area contributed by atoms with Crippen LogP contribution in [0.1, 0.15) is 64.2 Å². The highest BCUT2D eigenvalue weighted by molar-refractivity contribution is 5.79. The first-order valence-electron chi connectivity index (χ1n) is 10.7. The number of aliphatic hydroxyl groups is 2. The van der Waals surface area contributed by atoms with Gasteiger partial charge in [-0.05, 0) is 30.2 Å². The van der Waals surface area contributed by atoms with E-state index in [1.807, 2.05) is 20.8 Å². The van der Waals surface area contributed by atoms with Crippen molar-refractivity contribution in [1.29, 1.82) is 0 Å². The molecule has 7 nitrogen and oxygen atoms in total. The van der Waals surface area contributed by atoms with E-state index in [0.29, 0.717) is 25.0 Å². The number of aliphatic hydroxyl groups excluding tert-OH is 1. The molecule has 30 heavy (non-hydrogen) atoms. The highest BCUT2D eigenvalue weighted by atomic mass is 16.5. The first-order chi connectivity index (χ1) is 14.0.